The highest BCUT2D eigenvalue weighted by atomic mass is 15.7. The first-order valence-corrected chi connectivity index (χ1v) is 8.09. The molecule has 21 heavy (non-hydrogen) atoms. The maximum absolute atomic E-state index is 3.19. The Labute approximate surface area is 127 Å². The summed E-state index contributed by atoms with van der Waals surface area (Å²) in [6.45, 7) is 11.4. The van der Waals surface area contributed by atoms with Crippen molar-refractivity contribution in [3.63, 3.8) is 0 Å². The minimum atomic E-state index is 1.05. The smallest absolute Gasteiger partial charge is 0.0396 e. The van der Waals surface area contributed by atoms with E-state index in [1.165, 1.54) is 37.3 Å². The molecule has 2 saturated heterocycles. The average Bonchev–Trinajstić information content (AvgIpc) is 3.02. The second-order valence-electron chi connectivity index (χ2n) is 5.99. The SMILES string of the molecule is Cc1ccccc1N1CCN(CCCN2CCNN2)CC1. The molecule has 1 aromatic rings. The number of anilines is 1. The molecule has 2 aliphatic heterocycles. The number of hydrazine groups is 2. The number of benzene rings is 1. The van der Waals surface area contributed by atoms with E-state index in [4.69, 9.17) is 0 Å². The first-order chi connectivity index (χ1) is 10.3. The van der Waals surface area contributed by atoms with Crippen molar-refractivity contribution < 1.29 is 0 Å². The maximum atomic E-state index is 3.19. The number of rotatable bonds is 5. The van der Waals surface area contributed by atoms with E-state index in [-0.39, 0.29) is 0 Å². The van der Waals surface area contributed by atoms with Crippen LogP contribution in [0.2, 0.25) is 0 Å². The van der Waals surface area contributed by atoms with Crippen LogP contribution in [0.15, 0.2) is 24.3 Å². The van der Waals surface area contributed by atoms with Gasteiger partial charge in [0.05, 0.1) is 0 Å². The van der Waals surface area contributed by atoms with Crippen molar-refractivity contribution >= 4 is 5.69 Å². The Morgan fingerprint density at radius 1 is 1.00 bits per heavy atom. The van der Waals surface area contributed by atoms with Crippen LogP contribution in [-0.4, -0.2) is 62.3 Å². The molecule has 0 unspecified atom stereocenters. The summed E-state index contributed by atoms with van der Waals surface area (Å²) >= 11 is 0. The molecule has 2 N–H and O–H groups in total. The van der Waals surface area contributed by atoms with Crippen LogP contribution in [0.4, 0.5) is 5.69 Å². The third-order valence-corrected chi connectivity index (χ3v) is 4.47. The van der Waals surface area contributed by atoms with Crippen molar-refractivity contribution in [2.45, 2.75) is 13.3 Å². The molecule has 0 radical (unpaired) electrons. The lowest BCUT2D eigenvalue weighted by Gasteiger charge is -2.37. The third-order valence-electron chi connectivity index (χ3n) is 4.47. The Kier molecular flexibility index (Phi) is 5.08. The number of para-hydroxylation sites is 1. The van der Waals surface area contributed by atoms with Crippen molar-refractivity contribution in [2.75, 3.05) is 57.3 Å². The van der Waals surface area contributed by atoms with Crippen LogP contribution in [-0.2, 0) is 0 Å². The van der Waals surface area contributed by atoms with Gasteiger partial charge in [-0.15, -0.1) is 0 Å². The summed E-state index contributed by atoms with van der Waals surface area (Å²) < 4.78 is 0. The normalized spacial score (nSPS) is 21.1. The lowest BCUT2D eigenvalue weighted by atomic mass is 10.1. The Balaban J connectivity index is 1.39. The fourth-order valence-electron chi connectivity index (χ4n) is 3.20. The summed E-state index contributed by atoms with van der Waals surface area (Å²) in [5.74, 6) is 0. The highest BCUT2D eigenvalue weighted by Gasteiger charge is 2.18. The van der Waals surface area contributed by atoms with Crippen LogP contribution >= 0.6 is 0 Å². The van der Waals surface area contributed by atoms with E-state index >= 15 is 0 Å². The summed E-state index contributed by atoms with van der Waals surface area (Å²) in [7, 11) is 0. The number of piperazine rings is 1. The average molecular weight is 289 g/mol. The quantitative estimate of drug-likeness (QED) is 0.839. The van der Waals surface area contributed by atoms with Crippen molar-refractivity contribution in [2.24, 2.45) is 0 Å². The third kappa shape index (κ3) is 3.95. The van der Waals surface area contributed by atoms with Crippen molar-refractivity contribution in [1.82, 2.24) is 20.9 Å². The number of hydrogen-bond donors (Lipinski definition) is 2. The second kappa shape index (κ2) is 7.22. The highest BCUT2D eigenvalue weighted by molar-refractivity contribution is 5.53. The topological polar surface area (TPSA) is 33.8 Å². The monoisotopic (exact) mass is 289 g/mol. The van der Waals surface area contributed by atoms with E-state index < -0.39 is 0 Å². The fraction of sp³-hybridized carbons (Fsp3) is 0.625. The zero-order valence-electron chi connectivity index (χ0n) is 13.0. The summed E-state index contributed by atoms with van der Waals surface area (Å²) in [6.07, 6.45) is 1.24. The summed E-state index contributed by atoms with van der Waals surface area (Å²) in [4.78, 5) is 5.12. The molecule has 0 aromatic heterocycles. The lowest BCUT2D eigenvalue weighted by molar-refractivity contribution is 0.198. The molecule has 0 aliphatic carbocycles. The van der Waals surface area contributed by atoms with Gasteiger partial charge in [-0.05, 0) is 31.5 Å². The zero-order valence-corrected chi connectivity index (χ0v) is 13.0. The Morgan fingerprint density at radius 2 is 1.81 bits per heavy atom. The molecule has 2 fully saturated rings. The molecule has 5 nitrogen and oxygen atoms in total. The van der Waals surface area contributed by atoms with Gasteiger partial charge < -0.3 is 4.90 Å². The lowest BCUT2D eigenvalue weighted by Crippen LogP contribution is -2.47. The van der Waals surface area contributed by atoms with Gasteiger partial charge in [0.15, 0.2) is 0 Å². The first-order valence-electron chi connectivity index (χ1n) is 8.09. The summed E-state index contributed by atoms with van der Waals surface area (Å²) in [6, 6.07) is 8.72. The Hall–Kier alpha value is -1.14. The van der Waals surface area contributed by atoms with Crippen LogP contribution < -0.4 is 15.9 Å². The van der Waals surface area contributed by atoms with Crippen LogP contribution in [0, 0.1) is 6.92 Å². The van der Waals surface area contributed by atoms with Gasteiger partial charge in [0, 0.05) is 51.5 Å². The van der Waals surface area contributed by atoms with E-state index in [0.29, 0.717) is 0 Å². The standard InChI is InChI=1S/C16H27N5/c1-15-5-2-3-6-16(15)20-13-11-19(12-14-20)8-4-9-21-10-7-17-18-21/h2-3,5-6,17-18H,4,7-14H2,1H3. The van der Waals surface area contributed by atoms with E-state index in [0.717, 1.165) is 32.7 Å². The van der Waals surface area contributed by atoms with Gasteiger partial charge in [0.1, 0.15) is 0 Å². The summed E-state index contributed by atoms with van der Waals surface area (Å²) in [5, 5.41) is 2.27. The van der Waals surface area contributed by atoms with Crippen molar-refractivity contribution in [1.29, 1.82) is 0 Å². The number of hydrogen-bond acceptors (Lipinski definition) is 5. The van der Waals surface area contributed by atoms with E-state index in [2.05, 4.69) is 57.0 Å². The molecule has 2 heterocycles. The molecule has 5 heteroatoms. The Bertz CT molecular complexity index is 436. The molecular weight excluding hydrogens is 262 g/mol. The molecule has 0 amide bonds. The van der Waals surface area contributed by atoms with Crippen LogP contribution in [0.5, 0.6) is 0 Å². The van der Waals surface area contributed by atoms with E-state index in [1.54, 1.807) is 0 Å². The van der Waals surface area contributed by atoms with Crippen LogP contribution in [0.25, 0.3) is 0 Å². The van der Waals surface area contributed by atoms with Crippen LogP contribution in [0.3, 0.4) is 0 Å². The first kappa shape index (κ1) is 14.8. The van der Waals surface area contributed by atoms with Gasteiger partial charge in [-0.25, -0.2) is 10.4 Å². The molecule has 3 rings (SSSR count). The van der Waals surface area contributed by atoms with Gasteiger partial charge in [-0.1, -0.05) is 18.2 Å². The maximum Gasteiger partial charge on any atom is 0.0396 e. The highest BCUT2D eigenvalue weighted by Crippen LogP contribution is 2.20. The van der Waals surface area contributed by atoms with Gasteiger partial charge in [-0.3, -0.25) is 4.90 Å². The van der Waals surface area contributed by atoms with Gasteiger partial charge in [0.25, 0.3) is 0 Å². The van der Waals surface area contributed by atoms with Crippen LogP contribution in [0.1, 0.15) is 12.0 Å². The van der Waals surface area contributed by atoms with Crippen molar-refractivity contribution in [3.8, 4) is 0 Å². The zero-order chi connectivity index (χ0) is 14.5. The van der Waals surface area contributed by atoms with Gasteiger partial charge in [0.2, 0.25) is 0 Å². The molecule has 1 aromatic carbocycles. The predicted octanol–water partition coefficient (Wildman–Crippen LogP) is 0.832. The fourth-order valence-corrected chi connectivity index (χ4v) is 3.20. The number of nitrogens with zero attached hydrogens (tertiary/aromatic N) is 3. The minimum absolute atomic E-state index is 1.05. The molecule has 0 atom stereocenters. The van der Waals surface area contributed by atoms with E-state index in [9.17, 15) is 0 Å². The largest absolute Gasteiger partial charge is 0.369 e. The number of nitrogens with one attached hydrogen (secondary N) is 2. The molecule has 0 saturated carbocycles. The molecule has 2 aliphatic rings. The predicted molar refractivity (Wildman–Crippen MR) is 87.2 cm³/mol. The van der Waals surface area contributed by atoms with Gasteiger partial charge in [-0.2, -0.15) is 5.53 Å². The second-order valence-corrected chi connectivity index (χ2v) is 5.99. The molecule has 116 valence electrons. The molecular formula is C16H27N5. The minimum Gasteiger partial charge on any atom is -0.369 e. The molecule has 0 bridgehead atoms. The summed E-state index contributed by atoms with van der Waals surface area (Å²) in [5.41, 5.74) is 9.13. The van der Waals surface area contributed by atoms with Gasteiger partial charge >= 0.3 is 0 Å². The van der Waals surface area contributed by atoms with E-state index in [1.807, 2.05) is 0 Å². The Morgan fingerprint density at radius 3 is 2.52 bits per heavy atom. The number of aryl methyl sites for hydroxylation is 1. The molecule has 0 spiro atoms. The van der Waals surface area contributed by atoms with Crippen molar-refractivity contribution in [3.05, 3.63) is 29.8 Å².